The Kier molecular flexibility index (Phi) is 4.65. The summed E-state index contributed by atoms with van der Waals surface area (Å²) in [6.45, 7) is 0.489. The highest BCUT2D eigenvalue weighted by molar-refractivity contribution is 8.01. The molecule has 0 aromatic heterocycles. The molecule has 0 saturated carbocycles. The molecule has 4 rings (SSSR count). The van der Waals surface area contributed by atoms with Crippen LogP contribution in [-0.2, 0) is 10.0 Å². The first-order valence-corrected chi connectivity index (χ1v) is 10.9. The lowest BCUT2D eigenvalue weighted by atomic mass is 10.1. The molecule has 1 aliphatic heterocycles. The summed E-state index contributed by atoms with van der Waals surface area (Å²) in [5.41, 5.74) is 0.891. The highest BCUT2D eigenvalue weighted by Gasteiger charge is 2.38. The van der Waals surface area contributed by atoms with Gasteiger partial charge in [0.05, 0.1) is 17.4 Å². The number of rotatable bonds is 4. The zero-order valence-corrected chi connectivity index (χ0v) is 16.0. The van der Waals surface area contributed by atoms with E-state index in [1.165, 1.54) is 0 Å². The van der Waals surface area contributed by atoms with E-state index in [1.54, 1.807) is 35.3 Å². The molecule has 4 nitrogen and oxygen atoms in total. The van der Waals surface area contributed by atoms with Crippen LogP contribution in [0.5, 0.6) is 5.75 Å². The molecule has 1 atom stereocenters. The molecule has 0 spiro atoms. The van der Waals surface area contributed by atoms with E-state index in [0.29, 0.717) is 17.2 Å². The molecule has 3 aromatic carbocycles. The van der Waals surface area contributed by atoms with Crippen molar-refractivity contribution in [2.45, 2.75) is 10.3 Å². The van der Waals surface area contributed by atoms with E-state index in [1.807, 2.05) is 54.6 Å². The Morgan fingerprint density at radius 2 is 1.73 bits per heavy atom. The van der Waals surface area contributed by atoms with Gasteiger partial charge >= 0.3 is 0 Å². The van der Waals surface area contributed by atoms with Crippen LogP contribution in [0, 0.1) is 0 Å². The van der Waals surface area contributed by atoms with Gasteiger partial charge in [-0.15, -0.1) is 11.8 Å². The third-order valence-corrected chi connectivity index (χ3v) is 7.82. The number of nitrogens with zero attached hydrogens (tertiary/aromatic N) is 1. The summed E-state index contributed by atoms with van der Waals surface area (Å²) in [4.78, 5) is 0.332. The van der Waals surface area contributed by atoms with E-state index >= 15 is 0 Å². The number of thioether (sulfide) groups is 1. The maximum absolute atomic E-state index is 13.3. The molecule has 0 amide bonds. The van der Waals surface area contributed by atoms with Gasteiger partial charge in [-0.25, -0.2) is 8.42 Å². The Balaban J connectivity index is 1.76. The molecule has 134 valence electrons. The van der Waals surface area contributed by atoms with Crippen LogP contribution in [-0.4, -0.2) is 32.1 Å². The van der Waals surface area contributed by atoms with Gasteiger partial charge in [0, 0.05) is 17.9 Å². The fourth-order valence-corrected chi connectivity index (χ4v) is 6.57. The van der Waals surface area contributed by atoms with Crippen molar-refractivity contribution < 1.29 is 13.2 Å². The van der Waals surface area contributed by atoms with Crippen LogP contribution >= 0.6 is 11.8 Å². The van der Waals surface area contributed by atoms with Crippen molar-refractivity contribution >= 4 is 32.6 Å². The molecule has 1 heterocycles. The number of ether oxygens (including phenoxy) is 1. The molecule has 6 heteroatoms. The highest BCUT2D eigenvalue weighted by Crippen LogP contribution is 2.44. The Morgan fingerprint density at radius 1 is 1.00 bits per heavy atom. The summed E-state index contributed by atoms with van der Waals surface area (Å²) in [5, 5.41) is 1.68. The van der Waals surface area contributed by atoms with Crippen LogP contribution < -0.4 is 4.74 Å². The lowest BCUT2D eigenvalue weighted by Crippen LogP contribution is -2.30. The zero-order chi connectivity index (χ0) is 18.1. The van der Waals surface area contributed by atoms with Crippen LogP contribution in [0.15, 0.2) is 71.6 Å². The lowest BCUT2D eigenvalue weighted by Gasteiger charge is -2.25. The molecule has 0 N–H and O–H groups in total. The monoisotopic (exact) mass is 385 g/mol. The summed E-state index contributed by atoms with van der Waals surface area (Å²) in [6, 6.07) is 20.7. The Morgan fingerprint density at radius 3 is 2.54 bits per heavy atom. The number of fused-ring (bicyclic) bond motifs is 1. The number of hydrogen-bond donors (Lipinski definition) is 0. The van der Waals surface area contributed by atoms with Gasteiger partial charge in [-0.3, -0.25) is 0 Å². The van der Waals surface area contributed by atoms with Crippen molar-refractivity contribution in [3.05, 3.63) is 72.3 Å². The molecule has 1 fully saturated rings. The van der Waals surface area contributed by atoms with Gasteiger partial charge < -0.3 is 4.74 Å². The minimum atomic E-state index is -3.60. The third kappa shape index (κ3) is 2.98. The Labute approximate surface area is 157 Å². The highest BCUT2D eigenvalue weighted by atomic mass is 32.2. The van der Waals surface area contributed by atoms with E-state index in [9.17, 15) is 8.42 Å². The summed E-state index contributed by atoms with van der Waals surface area (Å²) < 4.78 is 33.7. The van der Waals surface area contributed by atoms with Crippen LogP contribution in [0.1, 0.15) is 10.9 Å². The molecule has 0 bridgehead atoms. The molecule has 3 aromatic rings. The molecular weight excluding hydrogens is 366 g/mol. The van der Waals surface area contributed by atoms with Gasteiger partial charge in [0.2, 0.25) is 10.0 Å². The minimum absolute atomic E-state index is 0.275. The number of sulfonamides is 1. The lowest BCUT2D eigenvalue weighted by molar-refractivity contribution is 0.390. The molecule has 26 heavy (non-hydrogen) atoms. The van der Waals surface area contributed by atoms with Crippen molar-refractivity contribution in [3.8, 4) is 5.75 Å². The van der Waals surface area contributed by atoms with E-state index in [2.05, 4.69) is 0 Å². The quantitative estimate of drug-likeness (QED) is 0.672. The molecular formula is C20H19NO3S2. The first-order valence-electron chi connectivity index (χ1n) is 8.36. The third-order valence-electron chi connectivity index (χ3n) is 4.58. The summed E-state index contributed by atoms with van der Waals surface area (Å²) in [5.74, 6) is 1.47. The van der Waals surface area contributed by atoms with E-state index in [0.717, 1.165) is 22.1 Å². The largest absolute Gasteiger partial charge is 0.496 e. The molecule has 0 radical (unpaired) electrons. The van der Waals surface area contributed by atoms with Gasteiger partial charge in [0.1, 0.15) is 5.75 Å². The predicted molar refractivity (Wildman–Crippen MR) is 106 cm³/mol. The van der Waals surface area contributed by atoms with Crippen molar-refractivity contribution in [2.75, 3.05) is 19.4 Å². The van der Waals surface area contributed by atoms with E-state index in [-0.39, 0.29) is 5.37 Å². The van der Waals surface area contributed by atoms with Gasteiger partial charge in [0.15, 0.2) is 0 Å². The smallest absolute Gasteiger partial charge is 0.244 e. The normalized spacial score (nSPS) is 18.3. The van der Waals surface area contributed by atoms with Crippen LogP contribution in [0.4, 0.5) is 0 Å². The molecule has 0 aliphatic carbocycles. The Hall–Kier alpha value is -2.02. The van der Waals surface area contributed by atoms with Crippen molar-refractivity contribution in [1.29, 1.82) is 0 Å². The van der Waals surface area contributed by atoms with E-state index < -0.39 is 10.0 Å². The first kappa shape index (κ1) is 17.4. The molecule has 1 aliphatic rings. The van der Waals surface area contributed by atoms with Crippen molar-refractivity contribution in [1.82, 2.24) is 4.31 Å². The van der Waals surface area contributed by atoms with Gasteiger partial charge in [-0.2, -0.15) is 4.31 Å². The summed E-state index contributed by atoms with van der Waals surface area (Å²) in [6.07, 6.45) is 0. The fraction of sp³-hybridized carbons (Fsp3) is 0.200. The molecule has 1 saturated heterocycles. The van der Waals surface area contributed by atoms with Gasteiger partial charge in [0.25, 0.3) is 0 Å². The first-order chi connectivity index (χ1) is 12.6. The fourth-order valence-electron chi connectivity index (χ4n) is 3.28. The van der Waals surface area contributed by atoms with Crippen LogP contribution in [0.25, 0.3) is 10.8 Å². The average molecular weight is 386 g/mol. The number of benzene rings is 3. The number of hydrogen-bond acceptors (Lipinski definition) is 4. The maximum atomic E-state index is 13.3. The van der Waals surface area contributed by atoms with Crippen LogP contribution in [0.2, 0.25) is 0 Å². The second kappa shape index (κ2) is 6.95. The number of methoxy groups -OCH3 is 1. The van der Waals surface area contributed by atoms with Crippen LogP contribution in [0.3, 0.4) is 0 Å². The predicted octanol–water partition coefficient (Wildman–Crippen LogP) is 4.28. The minimum Gasteiger partial charge on any atom is -0.496 e. The van der Waals surface area contributed by atoms with Crippen molar-refractivity contribution in [2.24, 2.45) is 0 Å². The Bertz CT molecular complexity index is 1050. The second-order valence-electron chi connectivity index (χ2n) is 6.09. The topological polar surface area (TPSA) is 46.6 Å². The van der Waals surface area contributed by atoms with E-state index in [4.69, 9.17) is 4.74 Å². The summed E-state index contributed by atoms with van der Waals surface area (Å²) >= 11 is 1.63. The molecule has 1 unspecified atom stereocenters. The van der Waals surface area contributed by atoms with Crippen molar-refractivity contribution in [3.63, 3.8) is 0 Å². The zero-order valence-electron chi connectivity index (χ0n) is 14.3. The van der Waals surface area contributed by atoms with Gasteiger partial charge in [-0.05, 0) is 29.0 Å². The maximum Gasteiger partial charge on any atom is 0.244 e. The second-order valence-corrected chi connectivity index (χ2v) is 9.17. The van der Waals surface area contributed by atoms with Gasteiger partial charge in [-0.1, -0.05) is 48.5 Å². The summed E-state index contributed by atoms with van der Waals surface area (Å²) in [7, 11) is -1.98. The standard InChI is InChI=1S/C20H19NO3S2/c1-24-19-9-5-4-8-18(19)20-21(12-13-25-20)26(22,23)17-11-10-15-6-2-3-7-16(15)14-17/h2-11,14,20H,12-13H2,1H3. The average Bonchev–Trinajstić information content (AvgIpc) is 3.18. The SMILES string of the molecule is COc1ccccc1C1SCCN1S(=O)(=O)c1ccc2ccccc2c1. The number of para-hydroxylation sites is 1.